The Morgan fingerprint density at radius 1 is 1.42 bits per heavy atom. The Bertz CT molecular complexity index is 737. The lowest BCUT2D eigenvalue weighted by Gasteiger charge is -2.03. The second kappa shape index (κ2) is 4.72. The predicted molar refractivity (Wildman–Crippen MR) is 67.7 cm³/mol. The molecule has 0 aliphatic carbocycles. The number of aryl methyl sites for hydroxylation is 1. The minimum atomic E-state index is -3.79. The number of nitrogens with two attached hydrogens (primary N) is 1. The van der Waals surface area contributed by atoms with Gasteiger partial charge in [-0.15, -0.1) is 0 Å². The van der Waals surface area contributed by atoms with Gasteiger partial charge in [-0.2, -0.15) is 5.10 Å². The van der Waals surface area contributed by atoms with Gasteiger partial charge in [-0.3, -0.25) is 4.79 Å². The van der Waals surface area contributed by atoms with Crippen molar-refractivity contribution in [2.75, 3.05) is 0 Å². The van der Waals surface area contributed by atoms with Crippen molar-refractivity contribution in [3.8, 4) is 5.82 Å². The van der Waals surface area contributed by atoms with Crippen LogP contribution in [0.1, 0.15) is 16.2 Å². The van der Waals surface area contributed by atoms with Gasteiger partial charge in [-0.1, -0.05) is 0 Å². The van der Waals surface area contributed by atoms with E-state index in [1.54, 1.807) is 6.92 Å². The molecule has 19 heavy (non-hydrogen) atoms. The van der Waals surface area contributed by atoms with Crippen molar-refractivity contribution in [1.29, 1.82) is 0 Å². The summed E-state index contributed by atoms with van der Waals surface area (Å²) in [6.45, 7) is 1.71. The first kappa shape index (κ1) is 13.7. The molecular weight excluding hydrogens is 292 g/mol. The zero-order valence-electron chi connectivity index (χ0n) is 9.74. The highest BCUT2D eigenvalue weighted by Gasteiger charge is 2.13. The van der Waals surface area contributed by atoms with Crippen molar-refractivity contribution in [3.05, 3.63) is 35.8 Å². The SMILES string of the molecule is Cc1cc(C(=O)Cl)nn1-c1ccc(S(N)(=O)=O)cn1. The second-order valence-electron chi connectivity index (χ2n) is 3.75. The summed E-state index contributed by atoms with van der Waals surface area (Å²) >= 11 is 5.33. The van der Waals surface area contributed by atoms with Crippen LogP contribution in [0.2, 0.25) is 0 Å². The first-order valence-electron chi connectivity index (χ1n) is 5.05. The number of aromatic nitrogens is 3. The molecule has 2 N–H and O–H groups in total. The molecule has 0 saturated heterocycles. The number of nitrogens with zero attached hydrogens (tertiary/aromatic N) is 3. The summed E-state index contributed by atoms with van der Waals surface area (Å²) < 4.78 is 23.6. The van der Waals surface area contributed by atoms with Crippen molar-refractivity contribution >= 4 is 26.9 Å². The molecule has 0 spiro atoms. The molecular formula is C10H9ClN4O3S. The summed E-state index contributed by atoms with van der Waals surface area (Å²) in [4.78, 5) is 14.8. The monoisotopic (exact) mass is 300 g/mol. The molecule has 0 saturated carbocycles. The van der Waals surface area contributed by atoms with Crippen LogP contribution in [-0.2, 0) is 10.0 Å². The third-order valence-electron chi connectivity index (χ3n) is 2.36. The molecule has 100 valence electrons. The Kier molecular flexibility index (Phi) is 3.40. The maximum Gasteiger partial charge on any atom is 0.272 e. The van der Waals surface area contributed by atoms with Crippen LogP contribution in [0.25, 0.3) is 5.82 Å². The predicted octanol–water partition coefficient (Wildman–Crippen LogP) is 0.602. The van der Waals surface area contributed by atoms with E-state index in [9.17, 15) is 13.2 Å². The van der Waals surface area contributed by atoms with Crippen LogP contribution in [0, 0.1) is 6.92 Å². The summed E-state index contributed by atoms with van der Waals surface area (Å²) in [5.41, 5.74) is 0.733. The highest BCUT2D eigenvalue weighted by Crippen LogP contribution is 2.13. The van der Waals surface area contributed by atoms with Gasteiger partial charge in [0, 0.05) is 11.9 Å². The number of primary sulfonamides is 1. The molecule has 2 aromatic heterocycles. The molecule has 0 aliphatic rings. The fraction of sp³-hybridized carbons (Fsp3) is 0.100. The standard InChI is InChI=1S/C10H9ClN4O3S/c1-6-4-8(10(11)16)14-15(6)9-3-2-7(5-13-9)19(12,17)18/h2-5H,1H3,(H2,12,17,18). The third kappa shape index (κ3) is 2.80. The molecule has 2 rings (SSSR count). The van der Waals surface area contributed by atoms with Gasteiger partial charge >= 0.3 is 0 Å². The van der Waals surface area contributed by atoms with Gasteiger partial charge in [0.25, 0.3) is 5.24 Å². The van der Waals surface area contributed by atoms with Crippen LogP contribution in [0.3, 0.4) is 0 Å². The number of halogens is 1. The number of rotatable bonds is 3. The maximum absolute atomic E-state index is 11.1. The van der Waals surface area contributed by atoms with Gasteiger partial charge in [-0.25, -0.2) is 23.2 Å². The van der Waals surface area contributed by atoms with E-state index in [1.807, 2.05) is 0 Å². The Balaban J connectivity index is 2.46. The first-order chi connectivity index (χ1) is 8.79. The van der Waals surface area contributed by atoms with Gasteiger partial charge in [0.1, 0.15) is 10.6 Å². The second-order valence-corrected chi connectivity index (χ2v) is 5.66. The lowest BCUT2D eigenvalue weighted by Crippen LogP contribution is -2.13. The molecule has 2 aromatic rings. The Labute approximate surface area is 114 Å². The van der Waals surface area contributed by atoms with E-state index >= 15 is 0 Å². The zero-order valence-corrected chi connectivity index (χ0v) is 11.3. The largest absolute Gasteiger partial charge is 0.274 e. The Hall–Kier alpha value is -1.77. The quantitative estimate of drug-likeness (QED) is 0.835. The summed E-state index contributed by atoms with van der Waals surface area (Å²) in [6.07, 6.45) is 1.12. The molecule has 0 aromatic carbocycles. The lowest BCUT2D eigenvalue weighted by atomic mass is 10.4. The van der Waals surface area contributed by atoms with Crippen LogP contribution in [0.15, 0.2) is 29.3 Å². The van der Waals surface area contributed by atoms with Gasteiger partial charge in [0.15, 0.2) is 5.82 Å². The summed E-state index contributed by atoms with van der Waals surface area (Å²) in [5, 5.41) is 8.25. The Morgan fingerprint density at radius 2 is 2.11 bits per heavy atom. The molecule has 9 heteroatoms. The maximum atomic E-state index is 11.1. The highest BCUT2D eigenvalue weighted by molar-refractivity contribution is 7.89. The zero-order chi connectivity index (χ0) is 14.2. The molecule has 0 amide bonds. The average molecular weight is 301 g/mol. The topological polar surface area (TPSA) is 108 Å². The van der Waals surface area contributed by atoms with E-state index in [2.05, 4.69) is 10.1 Å². The van der Waals surface area contributed by atoms with Gasteiger partial charge in [-0.05, 0) is 36.7 Å². The molecule has 0 bridgehead atoms. The van der Waals surface area contributed by atoms with Crippen molar-refractivity contribution in [1.82, 2.24) is 14.8 Å². The molecule has 2 heterocycles. The average Bonchev–Trinajstić information content (AvgIpc) is 2.70. The first-order valence-corrected chi connectivity index (χ1v) is 6.97. The van der Waals surface area contributed by atoms with E-state index in [0.717, 1.165) is 6.20 Å². The number of hydrogen-bond acceptors (Lipinski definition) is 5. The van der Waals surface area contributed by atoms with Crippen LogP contribution in [-0.4, -0.2) is 28.4 Å². The molecule has 0 radical (unpaired) electrons. The van der Waals surface area contributed by atoms with Gasteiger partial charge in [0.2, 0.25) is 10.0 Å². The van der Waals surface area contributed by atoms with Crippen LogP contribution < -0.4 is 5.14 Å². The molecule has 0 aliphatic heterocycles. The smallest absolute Gasteiger partial charge is 0.272 e. The minimum Gasteiger partial charge on any atom is -0.274 e. The molecule has 0 fully saturated rings. The van der Waals surface area contributed by atoms with E-state index < -0.39 is 15.3 Å². The third-order valence-corrected chi connectivity index (χ3v) is 3.45. The van der Waals surface area contributed by atoms with Crippen molar-refractivity contribution in [2.45, 2.75) is 11.8 Å². The number of sulfonamides is 1. The highest BCUT2D eigenvalue weighted by atomic mass is 35.5. The van der Waals surface area contributed by atoms with Crippen LogP contribution in [0.5, 0.6) is 0 Å². The van der Waals surface area contributed by atoms with E-state index in [0.29, 0.717) is 11.5 Å². The number of carbonyl (C=O) groups is 1. The van der Waals surface area contributed by atoms with Crippen molar-refractivity contribution < 1.29 is 13.2 Å². The number of hydrogen-bond donors (Lipinski definition) is 1. The van der Waals surface area contributed by atoms with Crippen LogP contribution >= 0.6 is 11.6 Å². The lowest BCUT2D eigenvalue weighted by molar-refractivity contribution is 0.107. The number of carbonyl (C=O) groups excluding carboxylic acids is 1. The van der Waals surface area contributed by atoms with Gasteiger partial charge < -0.3 is 0 Å². The summed E-state index contributed by atoms with van der Waals surface area (Å²) in [7, 11) is -3.79. The summed E-state index contributed by atoms with van der Waals surface area (Å²) in [5.74, 6) is 0.356. The van der Waals surface area contributed by atoms with Gasteiger partial charge in [0.05, 0.1) is 0 Å². The fourth-order valence-electron chi connectivity index (χ4n) is 1.47. The molecule has 0 atom stereocenters. The Morgan fingerprint density at radius 3 is 2.53 bits per heavy atom. The van der Waals surface area contributed by atoms with Crippen molar-refractivity contribution in [2.24, 2.45) is 5.14 Å². The van der Waals surface area contributed by atoms with Crippen LogP contribution in [0.4, 0.5) is 0 Å². The number of pyridine rings is 1. The van der Waals surface area contributed by atoms with Crippen molar-refractivity contribution in [3.63, 3.8) is 0 Å². The fourth-order valence-corrected chi connectivity index (χ4v) is 2.02. The summed E-state index contributed by atoms with van der Waals surface area (Å²) in [6, 6.07) is 4.24. The molecule has 7 nitrogen and oxygen atoms in total. The minimum absolute atomic E-state index is 0.0940. The normalized spacial score (nSPS) is 11.5. The van der Waals surface area contributed by atoms with E-state index in [-0.39, 0.29) is 10.6 Å². The molecule has 0 unspecified atom stereocenters. The van der Waals surface area contributed by atoms with E-state index in [1.165, 1.54) is 22.9 Å². The van der Waals surface area contributed by atoms with E-state index in [4.69, 9.17) is 16.7 Å².